The maximum absolute atomic E-state index is 14.4. The molecular formula is C23H18F7NO2. The zero-order chi connectivity index (χ0) is 24.2. The van der Waals surface area contributed by atoms with E-state index in [9.17, 15) is 35.8 Å². The van der Waals surface area contributed by atoms with Gasteiger partial charge in [0.1, 0.15) is 17.3 Å². The van der Waals surface area contributed by atoms with Crippen molar-refractivity contribution >= 4 is 5.69 Å². The van der Waals surface area contributed by atoms with E-state index in [2.05, 4.69) is 0 Å². The zero-order valence-corrected chi connectivity index (χ0v) is 16.9. The number of hydrogen-bond acceptors (Lipinski definition) is 3. The fourth-order valence-corrected chi connectivity index (χ4v) is 3.00. The van der Waals surface area contributed by atoms with Gasteiger partial charge in [-0.05, 0) is 36.4 Å². The summed E-state index contributed by atoms with van der Waals surface area (Å²) in [5, 5.41) is 9.58. The SMILES string of the molecule is OC(CN(Cc1ccc(C(F)(F)F)cc1F)c1cccc(Oc2ccccc2)c1)C(F)(F)F. The fourth-order valence-electron chi connectivity index (χ4n) is 3.00. The van der Waals surface area contributed by atoms with Gasteiger partial charge in [-0.1, -0.05) is 30.3 Å². The molecule has 3 rings (SSSR count). The molecule has 0 spiro atoms. The standard InChI is InChI=1S/C23H18F7NO2/c24-20-11-16(22(25,26)27)10-9-15(20)13-31(14-21(32)23(28,29)30)17-5-4-8-19(12-17)33-18-6-2-1-3-7-18/h1-12,21,32H,13-14H2. The molecule has 0 aromatic heterocycles. The molecule has 0 radical (unpaired) electrons. The van der Waals surface area contributed by atoms with Gasteiger partial charge in [0.2, 0.25) is 0 Å². The molecule has 0 bridgehead atoms. The Bertz CT molecular complexity index is 1070. The highest BCUT2D eigenvalue weighted by atomic mass is 19.4. The number of hydrogen-bond donors (Lipinski definition) is 1. The highest BCUT2D eigenvalue weighted by molar-refractivity contribution is 5.52. The lowest BCUT2D eigenvalue weighted by atomic mass is 10.1. The van der Waals surface area contributed by atoms with Gasteiger partial charge in [0.25, 0.3) is 0 Å². The number of nitrogens with zero attached hydrogens (tertiary/aromatic N) is 1. The van der Waals surface area contributed by atoms with Gasteiger partial charge in [-0.25, -0.2) is 4.39 Å². The third-order valence-electron chi connectivity index (χ3n) is 4.67. The predicted octanol–water partition coefficient (Wildman–Crippen LogP) is 6.57. The summed E-state index contributed by atoms with van der Waals surface area (Å²) in [4.78, 5) is 1.02. The maximum Gasteiger partial charge on any atom is 0.416 e. The monoisotopic (exact) mass is 473 g/mol. The topological polar surface area (TPSA) is 32.7 Å². The van der Waals surface area contributed by atoms with Crippen molar-refractivity contribution in [3.05, 3.63) is 89.7 Å². The number of aliphatic hydroxyl groups excluding tert-OH is 1. The highest BCUT2D eigenvalue weighted by Crippen LogP contribution is 2.32. The molecule has 0 aliphatic rings. The van der Waals surface area contributed by atoms with Crippen molar-refractivity contribution in [2.24, 2.45) is 0 Å². The molecule has 3 aromatic carbocycles. The Balaban J connectivity index is 1.91. The van der Waals surface area contributed by atoms with Gasteiger partial charge in [-0.2, -0.15) is 26.3 Å². The minimum atomic E-state index is -4.95. The second kappa shape index (κ2) is 9.70. The first-order chi connectivity index (χ1) is 15.4. The number of benzene rings is 3. The maximum atomic E-state index is 14.4. The normalized spacial score (nSPS) is 13.0. The van der Waals surface area contributed by atoms with Gasteiger partial charge in [0.05, 0.1) is 12.1 Å². The van der Waals surface area contributed by atoms with Crippen LogP contribution in [0.2, 0.25) is 0 Å². The first-order valence-electron chi connectivity index (χ1n) is 9.62. The second-order valence-corrected chi connectivity index (χ2v) is 7.15. The molecule has 3 aromatic rings. The minimum Gasteiger partial charge on any atom is -0.457 e. The third-order valence-corrected chi connectivity index (χ3v) is 4.67. The van der Waals surface area contributed by atoms with E-state index in [4.69, 9.17) is 4.74 Å². The van der Waals surface area contributed by atoms with Gasteiger partial charge in [0, 0.05) is 23.9 Å². The van der Waals surface area contributed by atoms with Crippen molar-refractivity contribution in [1.82, 2.24) is 0 Å². The average Bonchev–Trinajstić information content (AvgIpc) is 2.74. The summed E-state index contributed by atoms with van der Waals surface area (Å²) in [5.41, 5.74) is -1.35. The fraction of sp³-hybridized carbons (Fsp3) is 0.217. The minimum absolute atomic E-state index is 0.144. The lowest BCUT2D eigenvalue weighted by Gasteiger charge is -2.29. The number of para-hydroxylation sites is 1. The van der Waals surface area contributed by atoms with E-state index in [0.717, 1.165) is 11.0 Å². The molecule has 1 atom stereocenters. The quantitative estimate of drug-likeness (QED) is 0.394. The van der Waals surface area contributed by atoms with E-state index < -0.39 is 42.9 Å². The van der Waals surface area contributed by atoms with Crippen LogP contribution in [0.5, 0.6) is 11.5 Å². The Morgan fingerprint density at radius 1 is 0.818 bits per heavy atom. The molecule has 0 aliphatic heterocycles. The molecule has 1 N–H and O–H groups in total. The van der Waals surface area contributed by atoms with Crippen molar-refractivity contribution in [2.75, 3.05) is 11.4 Å². The van der Waals surface area contributed by atoms with Crippen LogP contribution in [-0.4, -0.2) is 23.9 Å². The van der Waals surface area contributed by atoms with Crippen molar-refractivity contribution < 1.29 is 40.6 Å². The Labute approximate surface area is 184 Å². The number of halogens is 7. The van der Waals surface area contributed by atoms with Gasteiger partial charge in [-0.15, -0.1) is 0 Å². The van der Waals surface area contributed by atoms with E-state index in [0.29, 0.717) is 11.8 Å². The molecule has 0 saturated carbocycles. The molecular weight excluding hydrogens is 455 g/mol. The largest absolute Gasteiger partial charge is 0.457 e. The summed E-state index contributed by atoms with van der Waals surface area (Å²) in [6.45, 7) is -1.50. The Hall–Kier alpha value is -3.27. The van der Waals surface area contributed by atoms with Gasteiger partial charge in [0.15, 0.2) is 6.10 Å². The van der Waals surface area contributed by atoms with E-state index in [1.807, 2.05) is 0 Å². The third kappa shape index (κ3) is 6.61. The van der Waals surface area contributed by atoms with Crippen LogP contribution in [0.4, 0.5) is 36.4 Å². The van der Waals surface area contributed by atoms with Gasteiger partial charge in [-0.3, -0.25) is 0 Å². The van der Waals surface area contributed by atoms with Crippen LogP contribution in [0.15, 0.2) is 72.8 Å². The summed E-state index contributed by atoms with van der Waals surface area (Å²) < 4.78 is 97.4. The van der Waals surface area contributed by atoms with Crippen LogP contribution < -0.4 is 9.64 Å². The number of ether oxygens (including phenoxy) is 1. The molecule has 176 valence electrons. The van der Waals surface area contributed by atoms with Crippen molar-refractivity contribution in [3.8, 4) is 11.5 Å². The molecule has 10 heteroatoms. The van der Waals surface area contributed by atoms with Crippen LogP contribution in [0.25, 0.3) is 0 Å². The second-order valence-electron chi connectivity index (χ2n) is 7.15. The Kier molecular flexibility index (Phi) is 7.16. The lowest BCUT2D eigenvalue weighted by Crippen LogP contribution is -2.41. The Morgan fingerprint density at radius 2 is 1.48 bits per heavy atom. The molecule has 3 nitrogen and oxygen atoms in total. The predicted molar refractivity (Wildman–Crippen MR) is 107 cm³/mol. The molecule has 1 unspecified atom stereocenters. The zero-order valence-electron chi connectivity index (χ0n) is 16.9. The number of anilines is 1. The smallest absolute Gasteiger partial charge is 0.416 e. The molecule has 0 heterocycles. The van der Waals surface area contributed by atoms with E-state index in [1.54, 1.807) is 36.4 Å². The first kappa shape index (κ1) is 24.4. The summed E-state index contributed by atoms with van der Waals surface area (Å²) in [5.74, 6) is -0.503. The molecule has 0 fully saturated rings. The first-order valence-corrected chi connectivity index (χ1v) is 9.62. The van der Waals surface area contributed by atoms with Crippen LogP contribution in [-0.2, 0) is 12.7 Å². The van der Waals surface area contributed by atoms with E-state index in [1.165, 1.54) is 18.2 Å². The summed E-state index contributed by atoms with van der Waals surface area (Å²) in [6.07, 6.45) is -12.5. The summed E-state index contributed by atoms with van der Waals surface area (Å²) in [7, 11) is 0. The van der Waals surface area contributed by atoms with Crippen molar-refractivity contribution in [2.45, 2.75) is 25.0 Å². The van der Waals surface area contributed by atoms with Crippen LogP contribution in [0.1, 0.15) is 11.1 Å². The number of aliphatic hydroxyl groups is 1. The van der Waals surface area contributed by atoms with Gasteiger partial charge >= 0.3 is 12.4 Å². The van der Waals surface area contributed by atoms with E-state index >= 15 is 0 Å². The average molecular weight is 473 g/mol. The van der Waals surface area contributed by atoms with Crippen molar-refractivity contribution in [3.63, 3.8) is 0 Å². The molecule has 0 saturated heterocycles. The highest BCUT2D eigenvalue weighted by Gasteiger charge is 2.39. The Morgan fingerprint density at radius 3 is 2.09 bits per heavy atom. The van der Waals surface area contributed by atoms with Crippen LogP contribution in [0.3, 0.4) is 0 Å². The summed E-state index contributed by atoms with van der Waals surface area (Å²) >= 11 is 0. The van der Waals surface area contributed by atoms with Crippen LogP contribution >= 0.6 is 0 Å². The summed E-state index contributed by atoms with van der Waals surface area (Å²) in [6, 6.07) is 16.2. The lowest BCUT2D eigenvalue weighted by molar-refractivity contribution is -0.200. The molecule has 0 aliphatic carbocycles. The van der Waals surface area contributed by atoms with Crippen LogP contribution in [0, 0.1) is 5.82 Å². The molecule has 0 amide bonds. The number of rotatable bonds is 7. The molecule has 33 heavy (non-hydrogen) atoms. The van der Waals surface area contributed by atoms with Gasteiger partial charge < -0.3 is 14.7 Å². The van der Waals surface area contributed by atoms with E-state index in [-0.39, 0.29) is 23.1 Å². The number of alkyl halides is 6. The van der Waals surface area contributed by atoms with Crippen molar-refractivity contribution in [1.29, 1.82) is 0 Å².